The average molecular weight is 425 g/mol. The Labute approximate surface area is 173 Å². The van der Waals surface area contributed by atoms with Crippen molar-refractivity contribution in [3.05, 3.63) is 53.1 Å². The fourth-order valence-electron chi connectivity index (χ4n) is 2.70. The van der Waals surface area contributed by atoms with E-state index in [0.29, 0.717) is 30.2 Å². The van der Waals surface area contributed by atoms with Crippen LogP contribution in [0.3, 0.4) is 0 Å². The Bertz CT molecular complexity index is 870. The van der Waals surface area contributed by atoms with E-state index in [1.807, 2.05) is 0 Å². The summed E-state index contributed by atoms with van der Waals surface area (Å²) in [7, 11) is 3.12. The normalized spacial score (nSPS) is 11.9. The molecule has 0 aliphatic heterocycles. The summed E-state index contributed by atoms with van der Waals surface area (Å²) in [6.07, 6.45) is -3.86. The number of aliphatic imine (C=N–C) groups is 1. The van der Waals surface area contributed by atoms with Crippen molar-refractivity contribution in [1.29, 1.82) is 0 Å². The number of methoxy groups -OCH3 is 1. The second-order valence-corrected chi connectivity index (χ2v) is 6.61. The van der Waals surface area contributed by atoms with Crippen molar-refractivity contribution in [1.82, 2.24) is 10.6 Å². The van der Waals surface area contributed by atoms with E-state index in [9.17, 15) is 18.3 Å². The monoisotopic (exact) mass is 425 g/mol. The van der Waals surface area contributed by atoms with Gasteiger partial charge in [0.15, 0.2) is 12.6 Å². The minimum atomic E-state index is -4.40. The van der Waals surface area contributed by atoms with Crippen molar-refractivity contribution in [3.8, 4) is 17.2 Å². The zero-order valence-electron chi connectivity index (χ0n) is 17.1. The highest BCUT2D eigenvalue weighted by Crippen LogP contribution is 2.24. The number of phenolic OH excluding ortho intramolecular Hbond substituents is 1. The molecular weight excluding hydrogens is 399 g/mol. The second kappa shape index (κ2) is 10.6. The summed E-state index contributed by atoms with van der Waals surface area (Å²) in [6, 6.07) is 10.2. The lowest BCUT2D eigenvalue weighted by Crippen LogP contribution is -2.38. The summed E-state index contributed by atoms with van der Waals surface area (Å²) < 4.78 is 47.5. The predicted molar refractivity (Wildman–Crippen MR) is 109 cm³/mol. The third-order valence-electron chi connectivity index (χ3n) is 4.26. The van der Waals surface area contributed by atoms with E-state index < -0.39 is 12.8 Å². The summed E-state index contributed by atoms with van der Waals surface area (Å²) >= 11 is 0. The molecule has 164 valence electrons. The zero-order chi connectivity index (χ0) is 22.1. The SMILES string of the molecule is CN=C(NCCc1ccc(OC)cc1O)NCc1ccc(C)cc1OCC(F)(F)F. The van der Waals surface area contributed by atoms with Gasteiger partial charge in [0.05, 0.1) is 7.11 Å². The molecule has 0 bridgehead atoms. The molecule has 0 heterocycles. The first-order valence-electron chi connectivity index (χ1n) is 9.31. The Kier molecular flexibility index (Phi) is 8.20. The molecule has 2 aromatic carbocycles. The molecule has 0 spiro atoms. The van der Waals surface area contributed by atoms with Crippen molar-refractivity contribution in [2.45, 2.75) is 26.1 Å². The lowest BCUT2D eigenvalue weighted by atomic mass is 10.1. The van der Waals surface area contributed by atoms with Gasteiger partial charge >= 0.3 is 6.18 Å². The van der Waals surface area contributed by atoms with E-state index in [0.717, 1.165) is 11.1 Å². The first-order valence-corrected chi connectivity index (χ1v) is 9.31. The van der Waals surface area contributed by atoms with E-state index in [1.165, 1.54) is 7.11 Å². The number of ether oxygens (including phenoxy) is 2. The van der Waals surface area contributed by atoms with E-state index in [1.54, 1.807) is 50.4 Å². The van der Waals surface area contributed by atoms with Crippen LogP contribution in [0.4, 0.5) is 13.2 Å². The van der Waals surface area contributed by atoms with Gasteiger partial charge < -0.3 is 25.2 Å². The van der Waals surface area contributed by atoms with Gasteiger partial charge in [-0.25, -0.2) is 0 Å². The molecule has 0 saturated heterocycles. The molecule has 6 nitrogen and oxygen atoms in total. The van der Waals surface area contributed by atoms with Crippen LogP contribution in [0.15, 0.2) is 41.4 Å². The fraction of sp³-hybridized carbons (Fsp3) is 0.381. The lowest BCUT2D eigenvalue weighted by Gasteiger charge is -2.16. The largest absolute Gasteiger partial charge is 0.508 e. The number of aryl methyl sites for hydroxylation is 1. The fourth-order valence-corrected chi connectivity index (χ4v) is 2.70. The maximum atomic E-state index is 12.5. The van der Waals surface area contributed by atoms with Gasteiger partial charge in [0, 0.05) is 31.8 Å². The number of nitrogens with zero attached hydrogens (tertiary/aromatic N) is 1. The minimum Gasteiger partial charge on any atom is -0.508 e. The Morgan fingerprint density at radius 2 is 1.83 bits per heavy atom. The third-order valence-corrected chi connectivity index (χ3v) is 4.26. The van der Waals surface area contributed by atoms with Crippen LogP contribution < -0.4 is 20.1 Å². The number of alkyl halides is 3. The van der Waals surface area contributed by atoms with E-state index >= 15 is 0 Å². The summed E-state index contributed by atoms with van der Waals surface area (Å²) in [4.78, 5) is 4.11. The smallest absolute Gasteiger partial charge is 0.422 e. The number of halogens is 3. The van der Waals surface area contributed by atoms with E-state index in [2.05, 4.69) is 15.6 Å². The molecule has 0 saturated carbocycles. The minimum absolute atomic E-state index is 0.144. The molecule has 9 heteroatoms. The van der Waals surface area contributed by atoms with Crippen molar-refractivity contribution in [2.24, 2.45) is 4.99 Å². The number of guanidine groups is 1. The first-order chi connectivity index (χ1) is 14.2. The van der Waals surface area contributed by atoms with Gasteiger partial charge in [-0.2, -0.15) is 13.2 Å². The van der Waals surface area contributed by atoms with Crippen molar-refractivity contribution >= 4 is 5.96 Å². The van der Waals surface area contributed by atoms with Crippen molar-refractivity contribution in [2.75, 3.05) is 27.3 Å². The predicted octanol–water partition coefficient (Wildman–Crippen LogP) is 3.56. The summed E-state index contributed by atoms with van der Waals surface area (Å²) in [5, 5.41) is 16.2. The number of phenols is 1. The Morgan fingerprint density at radius 1 is 1.10 bits per heavy atom. The van der Waals surface area contributed by atoms with Gasteiger partial charge in [0.25, 0.3) is 0 Å². The van der Waals surface area contributed by atoms with Crippen LogP contribution in [0.25, 0.3) is 0 Å². The Hall–Kier alpha value is -3.10. The third kappa shape index (κ3) is 7.38. The highest BCUT2D eigenvalue weighted by molar-refractivity contribution is 5.79. The van der Waals surface area contributed by atoms with Crippen LogP contribution in [0.1, 0.15) is 16.7 Å². The maximum absolute atomic E-state index is 12.5. The molecule has 0 atom stereocenters. The molecule has 0 aliphatic rings. The lowest BCUT2D eigenvalue weighted by molar-refractivity contribution is -0.153. The maximum Gasteiger partial charge on any atom is 0.422 e. The molecule has 0 unspecified atom stereocenters. The average Bonchev–Trinajstić information content (AvgIpc) is 2.70. The van der Waals surface area contributed by atoms with Crippen LogP contribution in [0.5, 0.6) is 17.2 Å². The molecule has 0 amide bonds. The van der Waals surface area contributed by atoms with Crippen LogP contribution in [-0.4, -0.2) is 44.6 Å². The molecule has 30 heavy (non-hydrogen) atoms. The molecule has 3 N–H and O–H groups in total. The topological polar surface area (TPSA) is 75.1 Å². The van der Waals surface area contributed by atoms with Gasteiger partial charge in [0.2, 0.25) is 0 Å². The molecule has 0 radical (unpaired) electrons. The van der Waals surface area contributed by atoms with Gasteiger partial charge in [-0.05, 0) is 36.6 Å². The number of rotatable bonds is 8. The van der Waals surface area contributed by atoms with Gasteiger partial charge in [-0.1, -0.05) is 18.2 Å². The van der Waals surface area contributed by atoms with Crippen molar-refractivity contribution < 1.29 is 27.8 Å². The second-order valence-electron chi connectivity index (χ2n) is 6.61. The highest BCUT2D eigenvalue weighted by Gasteiger charge is 2.28. The number of hydrogen-bond acceptors (Lipinski definition) is 4. The Balaban J connectivity index is 1.91. The van der Waals surface area contributed by atoms with Gasteiger partial charge in [0.1, 0.15) is 17.2 Å². The molecular formula is C21H26F3N3O3. The van der Waals surface area contributed by atoms with Crippen LogP contribution >= 0.6 is 0 Å². The first kappa shape index (κ1) is 23.2. The van der Waals surface area contributed by atoms with Crippen molar-refractivity contribution in [3.63, 3.8) is 0 Å². The number of nitrogens with one attached hydrogen (secondary N) is 2. The van der Waals surface area contributed by atoms with Crippen LogP contribution in [0.2, 0.25) is 0 Å². The number of aromatic hydroxyl groups is 1. The number of benzene rings is 2. The Morgan fingerprint density at radius 3 is 2.47 bits per heavy atom. The molecule has 0 aromatic heterocycles. The molecule has 2 rings (SSSR count). The number of hydrogen-bond donors (Lipinski definition) is 3. The summed E-state index contributed by atoms with van der Waals surface area (Å²) in [5.41, 5.74) is 2.14. The van der Waals surface area contributed by atoms with Gasteiger partial charge in [-0.15, -0.1) is 0 Å². The molecule has 0 aliphatic carbocycles. The molecule has 2 aromatic rings. The van der Waals surface area contributed by atoms with Crippen LogP contribution in [-0.2, 0) is 13.0 Å². The van der Waals surface area contributed by atoms with Gasteiger partial charge in [-0.3, -0.25) is 4.99 Å². The standard InChI is InChI=1S/C21H26F3N3O3/c1-14-4-5-16(19(10-14)30-13-21(22,23)24)12-27-20(25-2)26-9-8-15-6-7-17(29-3)11-18(15)28/h4-7,10-11,28H,8-9,12-13H2,1-3H3,(H2,25,26,27). The summed E-state index contributed by atoms with van der Waals surface area (Å²) in [6.45, 7) is 1.17. The quantitative estimate of drug-likeness (QED) is 0.446. The zero-order valence-corrected chi connectivity index (χ0v) is 17.1. The highest BCUT2D eigenvalue weighted by atomic mass is 19.4. The van der Waals surface area contributed by atoms with Crippen LogP contribution in [0, 0.1) is 6.92 Å². The molecule has 0 fully saturated rings. The van der Waals surface area contributed by atoms with E-state index in [4.69, 9.17) is 9.47 Å². The van der Waals surface area contributed by atoms with E-state index in [-0.39, 0.29) is 18.0 Å². The summed E-state index contributed by atoms with van der Waals surface area (Å²) in [5.74, 6) is 1.37.